The molecule has 1 N–H and O–H groups in total. The fourth-order valence-electron chi connectivity index (χ4n) is 2.21. The third kappa shape index (κ3) is 2.10. The number of hydrogen-bond acceptors (Lipinski definition) is 2. The Morgan fingerprint density at radius 1 is 1.33 bits per heavy atom. The predicted molar refractivity (Wildman–Crippen MR) is 60.6 cm³/mol. The van der Waals surface area contributed by atoms with Crippen molar-refractivity contribution >= 4 is 5.97 Å². The molecular weight excluding hydrogens is 242 g/mol. The first-order valence-electron chi connectivity index (χ1n) is 5.71. The highest BCUT2D eigenvalue weighted by Gasteiger charge is 2.61. The minimum absolute atomic E-state index is 0.100. The Balaban J connectivity index is 2.35. The Labute approximate surface area is 103 Å². The number of rotatable bonds is 3. The van der Waals surface area contributed by atoms with Crippen LogP contribution in [0.5, 0.6) is 0 Å². The molecule has 1 heterocycles. The average Bonchev–Trinajstić information content (AvgIpc) is 2.33. The molecule has 18 heavy (non-hydrogen) atoms. The van der Waals surface area contributed by atoms with Gasteiger partial charge in [-0.1, -0.05) is 30.3 Å². The van der Waals surface area contributed by atoms with Gasteiger partial charge in [-0.15, -0.1) is 0 Å². The van der Waals surface area contributed by atoms with Crippen molar-refractivity contribution in [2.45, 2.75) is 18.8 Å². The number of carboxylic acid groups (broad SMARTS) is 1. The van der Waals surface area contributed by atoms with Crippen LogP contribution in [0.25, 0.3) is 0 Å². The van der Waals surface area contributed by atoms with E-state index in [1.807, 2.05) is 0 Å². The number of halogens is 2. The van der Waals surface area contributed by atoms with E-state index >= 15 is 0 Å². The standard InChI is InChI=1S/C13H14F2O3/c14-13(15)6-7-18-9-12(13,11(16)17)8-10-4-2-1-3-5-10/h1-5H,6-9H2,(H,16,17). The third-order valence-corrected chi connectivity index (χ3v) is 3.37. The molecule has 5 heteroatoms. The number of carbonyl (C=O) groups is 1. The largest absolute Gasteiger partial charge is 0.481 e. The molecule has 1 aromatic rings. The van der Waals surface area contributed by atoms with E-state index in [2.05, 4.69) is 0 Å². The molecule has 0 radical (unpaired) electrons. The molecule has 1 aliphatic heterocycles. The van der Waals surface area contributed by atoms with Gasteiger partial charge in [-0.05, 0) is 12.0 Å². The van der Waals surface area contributed by atoms with E-state index in [1.165, 1.54) is 0 Å². The maximum absolute atomic E-state index is 14.0. The lowest BCUT2D eigenvalue weighted by Crippen LogP contribution is -2.55. The fourth-order valence-corrected chi connectivity index (χ4v) is 2.21. The summed E-state index contributed by atoms with van der Waals surface area (Å²) in [5.41, 5.74) is -1.59. The number of ether oxygens (including phenoxy) is 1. The Kier molecular flexibility index (Phi) is 3.34. The molecule has 0 aromatic heterocycles. The van der Waals surface area contributed by atoms with Crippen LogP contribution in [0.2, 0.25) is 0 Å². The van der Waals surface area contributed by atoms with Crippen molar-refractivity contribution in [3.8, 4) is 0 Å². The molecule has 0 saturated carbocycles. The summed E-state index contributed by atoms with van der Waals surface area (Å²) in [6.07, 6.45) is -0.775. The Hall–Kier alpha value is -1.49. The zero-order valence-electron chi connectivity index (χ0n) is 9.73. The Morgan fingerprint density at radius 3 is 2.56 bits per heavy atom. The zero-order valence-corrected chi connectivity index (χ0v) is 9.73. The lowest BCUT2D eigenvalue weighted by molar-refractivity contribution is -0.215. The van der Waals surface area contributed by atoms with Crippen molar-refractivity contribution in [3.63, 3.8) is 0 Å². The van der Waals surface area contributed by atoms with Crippen LogP contribution in [0.4, 0.5) is 8.78 Å². The summed E-state index contributed by atoms with van der Waals surface area (Å²) in [6.45, 7) is -0.555. The van der Waals surface area contributed by atoms with Gasteiger partial charge in [-0.3, -0.25) is 4.79 Å². The third-order valence-electron chi connectivity index (χ3n) is 3.37. The molecule has 1 fully saturated rings. The van der Waals surface area contributed by atoms with E-state index in [0.717, 1.165) is 0 Å². The molecule has 0 amide bonds. The van der Waals surface area contributed by atoms with Crippen LogP contribution in [0.15, 0.2) is 30.3 Å². The first kappa shape index (κ1) is 13.0. The molecule has 98 valence electrons. The van der Waals surface area contributed by atoms with E-state index in [4.69, 9.17) is 4.74 Å². The van der Waals surface area contributed by atoms with Gasteiger partial charge in [0.25, 0.3) is 5.92 Å². The number of alkyl halides is 2. The number of hydrogen-bond donors (Lipinski definition) is 1. The molecule has 0 aliphatic carbocycles. The highest BCUT2D eigenvalue weighted by atomic mass is 19.3. The van der Waals surface area contributed by atoms with Crippen LogP contribution >= 0.6 is 0 Å². The van der Waals surface area contributed by atoms with Gasteiger partial charge < -0.3 is 9.84 Å². The van der Waals surface area contributed by atoms with Gasteiger partial charge in [-0.25, -0.2) is 8.78 Å². The van der Waals surface area contributed by atoms with Crippen LogP contribution in [-0.4, -0.2) is 30.2 Å². The van der Waals surface area contributed by atoms with E-state index in [9.17, 15) is 18.7 Å². The first-order valence-corrected chi connectivity index (χ1v) is 5.71. The number of carboxylic acids is 1. The van der Waals surface area contributed by atoms with Crippen molar-refractivity contribution in [3.05, 3.63) is 35.9 Å². The molecule has 1 aromatic carbocycles. The second kappa shape index (κ2) is 4.65. The fraction of sp³-hybridized carbons (Fsp3) is 0.462. The Bertz CT molecular complexity index is 433. The topological polar surface area (TPSA) is 46.5 Å². The van der Waals surface area contributed by atoms with Crippen molar-refractivity contribution in [2.24, 2.45) is 5.41 Å². The normalized spacial score (nSPS) is 26.8. The lowest BCUT2D eigenvalue weighted by atomic mass is 9.74. The number of benzene rings is 1. The lowest BCUT2D eigenvalue weighted by Gasteiger charge is -2.40. The maximum Gasteiger partial charge on any atom is 0.318 e. The van der Waals surface area contributed by atoms with Gasteiger partial charge >= 0.3 is 5.97 Å². The van der Waals surface area contributed by atoms with Crippen molar-refractivity contribution in [1.29, 1.82) is 0 Å². The van der Waals surface area contributed by atoms with Gasteiger partial charge in [-0.2, -0.15) is 0 Å². The minimum Gasteiger partial charge on any atom is -0.481 e. The molecular formula is C13H14F2O3. The molecule has 1 saturated heterocycles. The SMILES string of the molecule is O=C(O)C1(Cc2ccccc2)COCCC1(F)F. The van der Waals surface area contributed by atoms with Crippen LogP contribution < -0.4 is 0 Å². The van der Waals surface area contributed by atoms with Crippen LogP contribution in [0, 0.1) is 5.41 Å². The van der Waals surface area contributed by atoms with E-state index < -0.39 is 30.3 Å². The molecule has 1 atom stereocenters. The van der Waals surface area contributed by atoms with E-state index in [0.29, 0.717) is 5.56 Å². The summed E-state index contributed by atoms with van der Waals surface area (Å²) in [4.78, 5) is 11.3. The van der Waals surface area contributed by atoms with Gasteiger partial charge in [0.1, 0.15) is 0 Å². The molecule has 0 bridgehead atoms. The second-order valence-corrected chi connectivity index (χ2v) is 4.56. The first-order chi connectivity index (χ1) is 8.48. The van der Waals surface area contributed by atoms with Crippen molar-refractivity contribution in [2.75, 3.05) is 13.2 Å². The van der Waals surface area contributed by atoms with Gasteiger partial charge in [0, 0.05) is 6.42 Å². The van der Waals surface area contributed by atoms with Crippen LogP contribution in [0.1, 0.15) is 12.0 Å². The van der Waals surface area contributed by atoms with Gasteiger partial charge in [0.2, 0.25) is 0 Å². The maximum atomic E-state index is 14.0. The molecule has 3 nitrogen and oxygen atoms in total. The number of aliphatic carboxylic acids is 1. The summed E-state index contributed by atoms with van der Waals surface area (Å²) in [6, 6.07) is 8.45. The molecule has 0 spiro atoms. The molecule has 1 unspecified atom stereocenters. The molecule has 1 aliphatic rings. The predicted octanol–water partition coefficient (Wildman–Crippen LogP) is 2.36. The average molecular weight is 256 g/mol. The summed E-state index contributed by atoms with van der Waals surface area (Å²) < 4.78 is 33.0. The van der Waals surface area contributed by atoms with Gasteiger partial charge in [0.15, 0.2) is 5.41 Å². The van der Waals surface area contributed by atoms with Crippen LogP contribution in [-0.2, 0) is 16.0 Å². The van der Waals surface area contributed by atoms with Gasteiger partial charge in [0.05, 0.1) is 13.2 Å². The highest BCUT2D eigenvalue weighted by Crippen LogP contribution is 2.45. The summed E-state index contributed by atoms with van der Waals surface area (Å²) in [7, 11) is 0. The highest BCUT2D eigenvalue weighted by molar-refractivity contribution is 5.77. The van der Waals surface area contributed by atoms with Crippen molar-refractivity contribution < 1.29 is 23.4 Å². The smallest absolute Gasteiger partial charge is 0.318 e. The summed E-state index contributed by atoms with van der Waals surface area (Å²) in [5, 5.41) is 9.23. The van der Waals surface area contributed by atoms with Crippen molar-refractivity contribution in [1.82, 2.24) is 0 Å². The summed E-state index contributed by atoms with van der Waals surface area (Å²) >= 11 is 0. The minimum atomic E-state index is -3.26. The summed E-state index contributed by atoms with van der Waals surface area (Å²) in [5.74, 6) is -4.76. The van der Waals surface area contributed by atoms with E-state index in [-0.39, 0.29) is 13.0 Å². The second-order valence-electron chi connectivity index (χ2n) is 4.56. The van der Waals surface area contributed by atoms with Crippen LogP contribution in [0.3, 0.4) is 0 Å². The monoisotopic (exact) mass is 256 g/mol. The molecule has 2 rings (SSSR count). The van der Waals surface area contributed by atoms with E-state index in [1.54, 1.807) is 30.3 Å². The zero-order chi connectivity index (χ0) is 13.2. The Morgan fingerprint density at radius 2 is 2.00 bits per heavy atom. The quantitative estimate of drug-likeness (QED) is 0.903.